The molecule has 1 N–H and O–H groups in total. The summed E-state index contributed by atoms with van der Waals surface area (Å²) in [6.07, 6.45) is 2.73. The summed E-state index contributed by atoms with van der Waals surface area (Å²) in [7, 11) is 0. The third kappa shape index (κ3) is 5.26. The predicted octanol–water partition coefficient (Wildman–Crippen LogP) is 2.61. The van der Waals surface area contributed by atoms with Crippen LogP contribution in [0.4, 0.5) is 0 Å². The zero-order chi connectivity index (χ0) is 23.5. The number of amides is 3. The fraction of sp³-hybridized carbons (Fsp3) is 0.520. The fourth-order valence-electron chi connectivity index (χ4n) is 4.56. The van der Waals surface area contributed by atoms with Gasteiger partial charge in [0, 0.05) is 38.8 Å². The lowest BCUT2D eigenvalue weighted by atomic mass is 9.99. The molecule has 1 aromatic heterocycles. The highest BCUT2D eigenvalue weighted by Gasteiger charge is 2.29. The maximum atomic E-state index is 13.2. The average Bonchev–Trinajstić information content (AvgIpc) is 3.16. The highest BCUT2D eigenvalue weighted by atomic mass is 16.2. The maximum Gasteiger partial charge on any atom is 0.272 e. The second-order valence-corrected chi connectivity index (χ2v) is 9.41. The molecule has 0 aliphatic carbocycles. The Morgan fingerprint density at radius 3 is 2.64 bits per heavy atom. The average molecular weight is 452 g/mol. The van der Waals surface area contributed by atoms with Gasteiger partial charge in [0.25, 0.3) is 11.8 Å². The fourth-order valence-corrected chi connectivity index (χ4v) is 4.56. The van der Waals surface area contributed by atoms with E-state index >= 15 is 0 Å². The molecule has 2 aromatic rings. The van der Waals surface area contributed by atoms with E-state index in [9.17, 15) is 14.4 Å². The lowest BCUT2D eigenvalue weighted by molar-refractivity contribution is -0.134. The molecule has 0 spiro atoms. The first-order valence-electron chi connectivity index (χ1n) is 11.8. The molecule has 0 bridgehead atoms. The molecule has 8 heteroatoms. The second-order valence-electron chi connectivity index (χ2n) is 9.41. The van der Waals surface area contributed by atoms with Gasteiger partial charge in [0.1, 0.15) is 11.7 Å². The molecule has 176 valence electrons. The number of carbonyl (C=O) groups is 3. The first kappa shape index (κ1) is 23.0. The molecule has 33 heavy (non-hydrogen) atoms. The zero-order valence-electron chi connectivity index (χ0n) is 19.7. The van der Waals surface area contributed by atoms with Crippen LogP contribution in [0.1, 0.15) is 65.2 Å². The Hall–Kier alpha value is -3.16. The van der Waals surface area contributed by atoms with E-state index in [0.717, 1.165) is 43.5 Å². The van der Waals surface area contributed by atoms with Gasteiger partial charge in [-0.2, -0.15) is 5.10 Å². The first-order valence-corrected chi connectivity index (χ1v) is 11.8. The molecular formula is C25H33N5O3. The lowest BCUT2D eigenvalue weighted by Gasteiger charge is -2.32. The molecule has 1 atom stereocenters. The van der Waals surface area contributed by atoms with Gasteiger partial charge in [-0.3, -0.25) is 19.1 Å². The number of likely N-dealkylation sites (tertiary alicyclic amines) is 1. The number of aromatic nitrogens is 2. The molecule has 2 aliphatic rings. The Morgan fingerprint density at radius 1 is 1.15 bits per heavy atom. The topological polar surface area (TPSA) is 87.5 Å². The lowest BCUT2D eigenvalue weighted by Crippen LogP contribution is -2.49. The van der Waals surface area contributed by atoms with Crippen LogP contribution in [0, 0.1) is 12.8 Å². The Balaban J connectivity index is 1.42. The van der Waals surface area contributed by atoms with Crippen LogP contribution >= 0.6 is 0 Å². The van der Waals surface area contributed by atoms with E-state index in [1.807, 2.05) is 30.0 Å². The minimum absolute atomic E-state index is 0.0728. The van der Waals surface area contributed by atoms with Gasteiger partial charge in [0.2, 0.25) is 5.91 Å². The molecule has 1 fully saturated rings. The maximum absolute atomic E-state index is 13.2. The molecule has 0 radical (unpaired) electrons. The summed E-state index contributed by atoms with van der Waals surface area (Å²) in [5.74, 6) is -0.00806. The van der Waals surface area contributed by atoms with Crippen LogP contribution in [0.15, 0.2) is 30.3 Å². The van der Waals surface area contributed by atoms with Crippen LogP contribution in [-0.4, -0.2) is 63.0 Å². The Morgan fingerprint density at radius 2 is 1.91 bits per heavy atom. The predicted molar refractivity (Wildman–Crippen MR) is 125 cm³/mol. The van der Waals surface area contributed by atoms with Gasteiger partial charge in [-0.05, 0) is 44.6 Å². The largest absolute Gasteiger partial charge is 0.341 e. The van der Waals surface area contributed by atoms with Gasteiger partial charge in [0.05, 0.1) is 0 Å². The summed E-state index contributed by atoms with van der Waals surface area (Å²) < 4.78 is 1.62. The van der Waals surface area contributed by atoms with E-state index in [0.29, 0.717) is 31.2 Å². The summed E-state index contributed by atoms with van der Waals surface area (Å²) in [6, 6.07) is 9.03. The number of rotatable bonds is 5. The molecule has 4 rings (SSSR count). The van der Waals surface area contributed by atoms with E-state index in [-0.39, 0.29) is 17.5 Å². The van der Waals surface area contributed by atoms with Crippen molar-refractivity contribution in [3.63, 3.8) is 0 Å². The quantitative estimate of drug-likeness (QED) is 0.757. The molecule has 1 aromatic carbocycles. The molecule has 3 heterocycles. The Bertz CT molecular complexity index is 1040. The van der Waals surface area contributed by atoms with E-state index in [4.69, 9.17) is 0 Å². The summed E-state index contributed by atoms with van der Waals surface area (Å²) in [5, 5.41) is 7.15. The van der Waals surface area contributed by atoms with Crippen LogP contribution in [0.3, 0.4) is 0 Å². The molecule has 0 saturated carbocycles. The summed E-state index contributed by atoms with van der Waals surface area (Å²) in [4.78, 5) is 42.4. The van der Waals surface area contributed by atoms with Gasteiger partial charge in [0.15, 0.2) is 5.69 Å². The monoisotopic (exact) mass is 451 g/mol. The molecule has 8 nitrogen and oxygen atoms in total. The molecule has 3 amide bonds. The van der Waals surface area contributed by atoms with E-state index < -0.39 is 11.9 Å². The SMILES string of the molecule is Cc1cccc(CN2CCCn3nc(C(=O)NC(C)C(=O)N4CCC(C)CC4)cc3C2=O)c1. The molecular weight excluding hydrogens is 418 g/mol. The highest BCUT2D eigenvalue weighted by Crippen LogP contribution is 2.19. The van der Waals surface area contributed by atoms with Crippen molar-refractivity contribution in [3.8, 4) is 0 Å². The second kappa shape index (κ2) is 9.77. The third-order valence-corrected chi connectivity index (χ3v) is 6.59. The van der Waals surface area contributed by atoms with Gasteiger partial charge in [-0.1, -0.05) is 36.8 Å². The van der Waals surface area contributed by atoms with Gasteiger partial charge in [-0.15, -0.1) is 0 Å². The number of nitrogens with zero attached hydrogens (tertiary/aromatic N) is 4. The minimum Gasteiger partial charge on any atom is -0.341 e. The van der Waals surface area contributed by atoms with Crippen molar-refractivity contribution in [1.82, 2.24) is 24.9 Å². The number of benzene rings is 1. The number of carbonyl (C=O) groups excluding carboxylic acids is 3. The first-order chi connectivity index (χ1) is 15.8. The van der Waals surface area contributed by atoms with Gasteiger partial charge >= 0.3 is 0 Å². The van der Waals surface area contributed by atoms with Crippen LogP contribution in [0.2, 0.25) is 0 Å². The van der Waals surface area contributed by atoms with Crippen LogP contribution in [0.5, 0.6) is 0 Å². The Kier molecular flexibility index (Phi) is 6.81. The molecule has 1 saturated heterocycles. The van der Waals surface area contributed by atoms with Crippen molar-refractivity contribution in [3.05, 3.63) is 52.8 Å². The highest BCUT2D eigenvalue weighted by molar-refractivity contribution is 5.99. The number of nitrogens with one attached hydrogen (secondary N) is 1. The van der Waals surface area contributed by atoms with Crippen molar-refractivity contribution >= 4 is 17.7 Å². The van der Waals surface area contributed by atoms with Gasteiger partial charge < -0.3 is 15.1 Å². The summed E-state index contributed by atoms with van der Waals surface area (Å²) >= 11 is 0. The number of hydrogen-bond acceptors (Lipinski definition) is 4. The minimum atomic E-state index is -0.638. The standard InChI is InChI=1S/C25H33N5O3/c1-17-8-12-28(13-9-17)24(32)19(3)26-23(31)21-15-22-25(33)29(10-5-11-30(22)27-21)16-20-7-4-6-18(2)14-20/h4,6-7,14-15,17,19H,5,8-13,16H2,1-3H3,(H,26,31). The number of fused-ring (bicyclic) bond motifs is 1. The van der Waals surface area contributed by atoms with E-state index in [1.165, 1.54) is 0 Å². The molecule has 1 unspecified atom stereocenters. The summed E-state index contributed by atoms with van der Waals surface area (Å²) in [5.41, 5.74) is 2.81. The van der Waals surface area contributed by atoms with E-state index in [1.54, 1.807) is 22.6 Å². The number of hydrogen-bond donors (Lipinski definition) is 1. The number of aryl methyl sites for hydroxylation is 2. The van der Waals surface area contributed by atoms with Crippen LogP contribution in [0.25, 0.3) is 0 Å². The third-order valence-electron chi connectivity index (χ3n) is 6.59. The van der Waals surface area contributed by atoms with E-state index in [2.05, 4.69) is 23.4 Å². The zero-order valence-corrected chi connectivity index (χ0v) is 19.7. The van der Waals surface area contributed by atoms with Crippen molar-refractivity contribution in [1.29, 1.82) is 0 Å². The van der Waals surface area contributed by atoms with Crippen LogP contribution in [-0.2, 0) is 17.9 Å². The number of piperidine rings is 1. The smallest absolute Gasteiger partial charge is 0.272 e. The van der Waals surface area contributed by atoms with Crippen molar-refractivity contribution in [2.45, 2.75) is 59.2 Å². The van der Waals surface area contributed by atoms with Crippen LogP contribution < -0.4 is 5.32 Å². The normalized spacial score (nSPS) is 18.0. The van der Waals surface area contributed by atoms with Gasteiger partial charge in [-0.25, -0.2) is 0 Å². The van der Waals surface area contributed by atoms with Crippen molar-refractivity contribution < 1.29 is 14.4 Å². The Labute approximate surface area is 194 Å². The van der Waals surface area contributed by atoms with Crippen molar-refractivity contribution in [2.75, 3.05) is 19.6 Å². The molecule has 2 aliphatic heterocycles. The summed E-state index contributed by atoms with van der Waals surface area (Å²) in [6.45, 7) is 9.11. The van der Waals surface area contributed by atoms with Crippen molar-refractivity contribution in [2.24, 2.45) is 5.92 Å².